The molecular weight excluding hydrogens is 461 g/mol. The summed E-state index contributed by atoms with van der Waals surface area (Å²) in [6.07, 6.45) is 3.19. The lowest BCUT2D eigenvalue weighted by Gasteiger charge is -2.29. The van der Waals surface area contributed by atoms with Crippen LogP contribution >= 0.6 is 0 Å². The molecule has 3 rings (SSSR count). The van der Waals surface area contributed by atoms with Crippen molar-refractivity contribution in [1.29, 1.82) is 0 Å². The number of carbonyl (C=O) groups excluding carboxylic acids is 2. The Kier molecular flexibility index (Phi) is 7.91. The highest BCUT2D eigenvalue weighted by Gasteiger charge is 2.35. The number of hydrogen-bond acceptors (Lipinski definition) is 6. The van der Waals surface area contributed by atoms with Gasteiger partial charge in [-0.1, -0.05) is 13.8 Å². The molecule has 8 nitrogen and oxygen atoms in total. The monoisotopic (exact) mass is 491 g/mol. The van der Waals surface area contributed by atoms with Gasteiger partial charge in [-0.05, 0) is 56.5 Å². The predicted octanol–water partition coefficient (Wildman–Crippen LogP) is 2.86. The molecule has 1 saturated heterocycles. The molecule has 1 unspecified atom stereocenters. The Morgan fingerprint density at radius 3 is 2.53 bits per heavy atom. The Bertz CT molecular complexity index is 1190. The van der Waals surface area contributed by atoms with Crippen molar-refractivity contribution in [2.75, 3.05) is 24.7 Å². The molecule has 34 heavy (non-hydrogen) atoms. The maximum absolute atomic E-state index is 13.2. The Hall–Kier alpha value is -3.01. The van der Waals surface area contributed by atoms with Gasteiger partial charge in [0, 0.05) is 29.9 Å². The number of amides is 1. The smallest absolute Gasteiger partial charge is 0.331 e. The third-order valence-electron chi connectivity index (χ3n) is 5.67. The standard InChI is InChI=1S/C24H30FN3O5S/c1-16(2)13-27(21-11-12-34(31,32)15-21)23(29)14-33-24(30)10-9-22-17(3)26-28(18(22)4)20-7-5-19(25)6-8-20/h5-10,16,21H,11-15H2,1-4H3/b10-9+. The number of hydrogen-bond donors (Lipinski definition) is 0. The number of aryl methyl sites for hydroxylation is 1. The van der Waals surface area contributed by atoms with E-state index in [0.29, 0.717) is 29.9 Å². The molecule has 2 aromatic rings. The summed E-state index contributed by atoms with van der Waals surface area (Å²) < 4.78 is 43.7. The third-order valence-corrected chi connectivity index (χ3v) is 7.42. The van der Waals surface area contributed by atoms with Crippen molar-refractivity contribution in [3.63, 3.8) is 0 Å². The highest BCUT2D eigenvalue weighted by atomic mass is 32.2. The van der Waals surface area contributed by atoms with Gasteiger partial charge >= 0.3 is 5.97 Å². The van der Waals surface area contributed by atoms with Gasteiger partial charge in [-0.2, -0.15) is 5.10 Å². The molecule has 1 atom stereocenters. The zero-order valence-electron chi connectivity index (χ0n) is 19.8. The van der Waals surface area contributed by atoms with E-state index in [4.69, 9.17) is 4.74 Å². The fraction of sp³-hybridized carbons (Fsp3) is 0.458. The van der Waals surface area contributed by atoms with Gasteiger partial charge in [-0.25, -0.2) is 22.3 Å². The zero-order valence-corrected chi connectivity index (χ0v) is 20.6. The van der Waals surface area contributed by atoms with Crippen molar-refractivity contribution in [3.8, 4) is 5.69 Å². The summed E-state index contributed by atoms with van der Waals surface area (Å²) in [6.45, 7) is 7.44. The lowest BCUT2D eigenvalue weighted by atomic mass is 10.1. The summed E-state index contributed by atoms with van der Waals surface area (Å²) in [4.78, 5) is 26.5. The van der Waals surface area contributed by atoms with Gasteiger partial charge in [0.1, 0.15) is 5.82 Å². The SMILES string of the molecule is Cc1nn(-c2ccc(F)cc2)c(C)c1/C=C/C(=O)OCC(=O)N(CC(C)C)C1CCS(=O)(=O)C1. The molecule has 184 valence electrons. The number of halogens is 1. The van der Waals surface area contributed by atoms with Gasteiger partial charge in [-0.3, -0.25) is 4.79 Å². The van der Waals surface area contributed by atoms with Crippen LogP contribution in [0.1, 0.15) is 37.2 Å². The summed E-state index contributed by atoms with van der Waals surface area (Å²) in [7, 11) is -3.15. The second-order valence-electron chi connectivity index (χ2n) is 8.91. The summed E-state index contributed by atoms with van der Waals surface area (Å²) >= 11 is 0. The van der Waals surface area contributed by atoms with E-state index in [1.165, 1.54) is 23.1 Å². The first kappa shape index (κ1) is 25.6. The minimum Gasteiger partial charge on any atom is -0.452 e. The van der Waals surface area contributed by atoms with E-state index < -0.39 is 34.4 Å². The first-order valence-corrected chi connectivity index (χ1v) is 13.0. The number of rotatable bonds is 8. The predicted molar refractivity (Wildman–Crippen MR) is 127 cm³/mol. The molecular formula is C24H30FN3O5S. The van der Waals surface area contributed by atoms with Gasteiger partial charge in [0.15, 0.2) is 16.4 Å². The highest BCUT2D eigenvalue weighted by molar-refractivity contribution is 7.91. The van der Waals surface area contributed by atoms with Crippen molar-refractivity contribution in [2.45, 2.75) is 40.2 Å². The molecule has 0 aliphatic carbocycles. The van der Waals surface area contributed by atoms with Crippen LogP contribution in [0.25, 0.3) is 11.8 Å². The van der Waals surface area contributed by atoms with Crippen LogP contribution in [0.3, 0.4) is 0 Å². The van der Waals surface area contributed by atoms with Gasteiger partial charge in [-0.15, -0.1) is 0 Å². The van der Waals surface area contributed by atoms with Crippen molar-refractivity contribution in [2.24, 2.45) is 5.92 Å². The van der Waals surface area contributed by atoms with Crippen LogP contribution < -0.4 is 0 Å². The summed E-state index contributed by atoms with van der Waals surface area (Å²) in [5.41, 5.74) is 2.83. The normalized spacial score (nSPS) is 17.4. The molecule has 1 fully saturated rings. The molecule has 0 saturated carbocycles. The second-order valence-corrected chi connectivity index (χ2v) is 11.1. The lowest BCUT2D eigenvalue weighted by Crippen LogP contribution is -2.45. The summed E-state index contributed by atoms with van der Waals surface area (Å²) in [6, 6.07) is 5.52. The Balaban J connectivity index is 1.64. The Morgan fingerprint density at radius 1 is 1.26 bits per heavy atom. The molecule has 0 spiro atoms. The molecule has 0 radical (unpaired) electrons. The van der Waals surface area contributed by atoms with Crippen molar-refractivity contribution in [1.82, 2.24) is 14.7 Å². The van der Waals surface area contributed by atoms with Crippen LogP contribution in [0.2, 0.25) is 0 Å². The van der Waals surface area contributed by atoms with E-state index >= 15 is 0 Å². The number of carbonyl (C=O) groups is 2. The van der Waals surface area contributed by atoms with Gasteiger partial charge in [0.25, 0.3) is 5.91 Å². The molecule has 1 aliphatic rings. The molecule has 1 aliphatic heterocycles. The summed E-state index contributed by atoms with van der Waals surface area (Å²) in [5, 5.41) is 4.45. The molecule has 0 N–H and O–H groups in total. The fourth-order valence-electron chi connectivity index (χ4n) is 4.01. The number of esters is 1. The molecule has 0 bridgehead atoms. The van der Waals surface area contributed by atoms with Crippen LogP contribution in [-0.4, -0.2) is 65.7 Å². The second kappa shape index (κ2) is 10.5. The van der Waals surface area contributed by atoms with E-state index in [2.05, 4.69) is 5.10 Å². The minimum atomic E-state index is -3.15. The minimum absolute atomic E-state index is 0.0596. The molecule has 10 heteroatoms. The number of benzene rings is 1. The topological polar surface area (TPSA) is 98.6 Å². The summed E-state index contributed by atoms with van der Waals surface area (Å²) in [5.74, 6) is -1.29. The molecule has 1 aromatic heterocycles. The van der Waals surface area contributed by atoms with Crippen LogP contribution in [-0.2, 0) is 24.2 Å². The van der Waals surface area contributed by atoms with Crippen molar-refractivity contribution >= 4 is 27.8 Å². The number of nitrogens with zero attached hydrogens (tertiary/aromatic N) is 3. The largest absolute Gasteiger partial charge is 0.452 e. The Labute approximate surface area is 199 Å². The van der Waals surface area contributed by atoms with Gasteiger partial charge < -0.3 is 9.64 Å². The van der Waals surface area contributed by atoms with Crippen molar-refractivity contribution < 1.29 is 27.1 Å². The molecule has 1 aromatic carbocycles. The quantitative estimate of drug-likeness (QED) is 0.416. The number of ether oxygens (including phenoxy) is 1. The number of sulfone groups is 1. The van der Waals surface area contributed by atoms with Gasteiger partial charge in [0.05, 0.1) is 22.9 Å². The van der Waals surface area contributed by atoms with E-state index in [1.807, 2.05) is 20.8 Å². The molecule has 2 heterocycles. The van der Waals surface area contributed by atoms with Crippen molar-refractivity contribution in [3.05, 3.63) is 53.1 Å². The fourth-order valence-corrected chi connectivity index (χ4v) is 5.74. The third kappa shape index (κ3) is 6.31. The van der Waals surface area contributed by atoms with Crippen LogP contribution in [0.4, 0.5) is 4.39 Å². The number of aromatic nitrogens is 2. The maximum atomic E-state index is 13.2. The first-order valence-electron chi connectivity index (χ1n) is 11.1. The molecule has 1 amide bonds. The van der Waals surface area contributed by atoms with E-state index in [1.54, 1.807) is 29.8 Å². The van der Waals surface area contributed by atoms with Crippen LogP contribution in [0, 0.1) is 25.6 Å². The zero-order chi connectivity index (χ0) is 25.0. The Morgan fingerprint density at radius 2 is 1.94 bits per heavy atom. The van der Waals surface area contributed by atoms with Crippen LogP contribution in [0.15, 0.2) is 30.3 Å². The van der Waals surface area contributed by atoms with E-state index in [0.717, 1.165) is 5.69 Å². The average Bonchev–Trinajstić information content (AvgIpc) is 3.27. The first-order chi connectivity index (χ1) is 16.0. The average molecular weight is 492 g/mol. The van der Waals surface area contributed by atoms with E-state index in [-0.39, 0.29) is 23.2 Å². The highest BCUT2D eigenvalue weighted by Crippen LogP contribution is 2.21. The lowest BCUT2D eigenvalue weighted by molar-refractivity contribution is -0.149. The van der Waals surface area contributed by atoms with E-state index in [9.17, 15) is 22.4 Å². The maximum Gasteiger partial charge on any atom is 0.331 e. The van der Waals surface area contributed by atoms with Crippen LogP contribution in [0.5, 0.6) is 0 Å². The van der Waals surface area contributed by atoms with Gasteiger partial charge in [0.2, 0.25) is 0 Å².